The van der Waals surface area contributed by atoms with E-state index in [1.54, 1.807) is 18.6 Å². The van der Waals surface area contributed by atoms with Crippen LogP contribution >= 0.6 is 11.8 Å². The highest BCUT2D eigenvalue weighted by Crippen LogP contribution is 2.22. The van der Waals surface area contributed by atoms with Gasteiger partial charge in [-0.15, -0.1) is 10.2 Å². The Kier molecular flexibility index (Phi) is 2.32. The van der Waals surface area contributed by atoms with Crippen molar-refractivity contribution in [2.75, 3.05) is 5.73 Å². The second-order valence-corrected chi connectivity index (χ2v) is 3.57. The maximum atomic E-state index is 5.45. The van der Waals surface area contributed by atoms with E-state index in [1.807, 2.05) is 11.6 Å². The average Bonchev–Trinajstić information content (AvgIpc) is 2.52. The van der Waals surface area contributed by atoms with Crippen LogP contribution in [0.3, 0.4) is 0 Å². The highest BCUT2D eigenvalue weighted by molar-refractivity contribution is 7.99. The molecule has 0 aliphatic carbocycles. The smallest absolute Gasteiger partial charge is 0.221 e. The Bertz CT molecular complexity index is 439. The Labute approximate surface area is 84.6 Å². The summed E-state index contributed by atoms with van der Waals surface area (Å²) in [5.41, 5.74) is 5.45. The van der Waals surface area contributed by atoms with E-state index >= 15 is 0 Å². The zero-order valence-corrected chi connectivity index (χ0v) is 8.27. The van der Waals surface area contributed by atoms with Gasteiger partial charge in [0.2, 0.25) is 5.95 Å². The zero-order chi connectivity index (χ0) is 9.97. The van der Waals surface area contributed by atoms with Gasteiger partial charge in [0.05, 0.1) is 0 Å². The van der Waals surface area contributed by atoms with Gasteiger partial charge in [0.15, 0.2) is 5.16 Å². The monoisotopic (exact) mass is 208 g/mol. The van der Waals surface area contributed by atoms with Crippen LogP contribution in [0, 0.1) is 0 Å². The number of anilines is 1. The maximum Gasteiger partial charge on any atom is 0.221 e. The predicted octanol–water partition coefficient (Wildman–Crippen LogP) is 0.338. The number of hydrogen-bond acceptors (Lipinski definition) is 6. The van der Waals surface area contributed by atoms with Gasteiger partial charge in [-0.05, 0) is 17.8 Å². The van der Waals surface area contributed by atoms with E-state index in [9.17, 15) is 0 Å². The molecule has 0 saturated carbocycles. The molecule has 2 aromatic heterocycles. The van der Waals surface area contributed by atoms with Gasteiger partial charge in [-0.3, -0.25) is 0 Å². The lowest BCUT2D eigenvalue weighted by Crippen LogP contribution is -1.95. The van der Waals surface area contributed by atoms with Crippen molar-refractivity contribution in [1.29, 1.82) is 0 Å². The number of nitrogen functional groups attached to an aromatic ring is 1. The Morgan fingerprint density at radius 2 is 2.36 bits per heavy atom. The van der Waals surface area contributed by atoms with E-state index in [2.05, 4.69) is 20.2 Å². The van der Waals surface area contributed by atoms with Crippen molar-refractivity contribution in [3.05, 3.63) is 18.6 Å². The van der Waals surface area contributed by atoms with Gasteiger partial charge >= 0.3 is 0 Å². The molecule has 0 radical (unpaired) electrons. The summed E-state index contributed by atoms with van der Waals surface area (Å²) >= 11 is 1.39. The molecule has 0 unspecified atom stereocenters. The van der Waals surface area contributed by atoms with Crippen LogP contribution < -0.4 is 5.73 Å². The van der Waals surface area contributed by atoms with Crippen molar-refractivity contribution < 1.29 is 0 Å². The fourth-order valence-electron chi connectivity index (χ4n) is 0.872. The number of aryl methyl sites for hydroxylation is 1. The third kappa shape index (κ3) is 1.82. The highest BCUT2D eigenvalue weighted by Gasteiger charge is 2.04. The van der Waals surface area contributed by atoms with Crippen LogP contribution in [0.1, 0.15) is 0 Å². The molecule has 0 aromatic carbocycles. The van der Waals surface area contributed by atoms with Crippen molar-refractivity contribution >= 4 is 17.7 Å². The number of hydrogen-bond donors (Lipinski definition) is 1. The first-order chi connectivity index (χ1) is 6.75. The molecular formula is C7H8N6S. The van der Waals surface area contributed by atoms with Gasteiger partial charge in [-0.1, -0.05) is 0 Å². The molecule has 14 heavy (non-hydrogen) atoms. The summed E-state index contributed by atoms with van der Waals surface area (Å²) in [7, 11) is 1.87. The van der Waals surface area contributed by atoms with E-state index in [0.29, 0.717) is 0 Å². The molecule has 2 heterocycles. The minimum Gasteiger partial charge on any atom is -0.368 e. The van der Waals surface area contributed by atoms with Crippen molar-refractivity contribution in [1.82, 2.24) is 24.7 Å². The summed E-state index contributed by atoms with van der Waals surface area (Å²) in [5.74, 6) is 0.261. The molecule has 2 N–H and O–H groups in total. The molecule has 0 fully saturated rings. The number of rotatable bonds is 2. The van der Waals surface area contributed by atoms with Gasteiger partial charge in [0.25, 0.3) is 0 Å². The second kappa shape index (κ2) is 3.62. The first kappa shape index (κ1) is 8.95. The van der Waals surface area contributed by atoms with Gasteiger partial charge in [0, 0.05) is 13.2 Å². The third-order valence-corrected chi connectivity index (χ3v) is 2.50. The minimum atomic E-state index is 0.261. The summed E-state index contributed by atoms with van der Waals surface area (Å²) in [4.78, 5) is 7.84. The van der Waals surface area contributed by atoms with E-state index in [4.69, 9.17) is 5.73 Å². The average molecular weight is 208 g/mol. The van der Waals surface area contributed by atoms with Crippen molar-refractivity contribution in [3.8, 4) is 0 Å². The topological polar surface area (TPSA) is 82.5 Å². The molecule has 0 aliphatic heterocycles. The van der Waals surface area contributed by atoms with Crippen LogP contribution in [-0.2, 0) is 7.05 Å². The number of aromatic nitrogens is 5. The van der Waals surface area contributed by atoms with Crippen molar-refractivity contribution in [2.24, 2.45) is 7.05 Å². The first-order valence-corrected chi connectivity index (χ1v) is 4.68. The van der Waals surface area contributed by atoms with Gasteiger partial charge in [-0.25, -0.2) is 9.97 Å². The molecule has 0 aliphatic rings. The summed E-state index contributed by atoms with van der Waals surface area (Å²) in [6.07, 6.45) is 3.24. The second-order valence-electron chi connectivity index (χ2n) is 2.58. The molecule has 0 bridgehead atoms. The lowest BCUT2D eigenvalue weighted by molar-refractivity contribution is 0.787. The fourth-order valence-corrected chi connectivity index (χ4v) is 1.61. The molecule has 0 saturated heterocycles. The summed E-state index contributed by atoms with van der Waals surface area (Å²) in [6, 6.07) is 1.77. The molecule has 0 amide bonds. The molecule has 0 spiro atoms. The summed E-state index contributed by atoms with van der Waals surface area (Å²) in [5, 5.41) is 9.20. The fraction of sp³-hybridized carbons (Fsp3) is 0.143. The standard InChI is InChI=1S/C7H8N6S/c1-13-4-10-12-7(13)14-5-2-3-9-6(8)11-5/h2-4H,1H3,(H2,8,9,11). The molecule has 2 aromatic rings. The van der Waals surface area contributed by atoms with E-state index in [-0.39, 0.29) is 5.95 Å². The molecule has 7 heteroatoms. The van der Waals surface area contributed by atoms with Gasteiger partial charge in [0.1, 0.15) is 11.4 Å². The van der Waals surface area contributed by atoms with Crippen LogP contribution in [-0.4, -0.2) is 24.7 Å². The van der Waals surface area contributed by atoms with Crippen molar-refractivity contribution in [2.45, 2.75) is 10.2 Å². The predicted molar refractivity (Wildman–Crippen MR) is 51.6 cm³/mol. The first-order valence-electron chi connectivity index (χ1n) is 3.86. The normalized spacial score (nSPS) is 10.4. The molecule has 0 atom stereocenters. The van der Waals surface area contributed by atoms with E-state index in [1.165, 1.54) is 11.8 Å². The number of nitrogens with two attached hydrogens (primary N) is 1. The largest absolute Gasteiger partial charge is 0.368 e. The molecule has 6 nitrogen and oxygen atoms in total. The van der Waals surface area contributed by atoms with Crippen LogP contribution in [0.2, 0.25) is 0 Å². The Morgan fingerprint density at radius 3 is 3.00 bits per heavy atom. The lowest BCUT2D eigenvalue weighted by Gasteiger charge is -1.99. The molecule has 72 valence electrons. The van der Waals surface area contributed by atoms with E-state index < -0.39 is 0 Å². The minimum absolute atomic E-state index is 0.261. The van der Waals surface area contributed by atoms with Crippen LogP contribution in [0.15, 0.2) is 28.8 Å². The Hall–Kier alpha value is -1.63. The third-order valence-electron chi connectivity index (χ3n) is 1.51. The maximum absolute atomic E-state index is 5.45. The highest BCUT2D eigenvalue weighted by atomic mass is 32.2. The lowest BCUT2D eigenvalue weighted by atomic mass is 10.7. The molecule has 2 rings (SSSR count). The van der Waals surface area contributed by atoms with Gasteiger partial charge < -0.3 is 10.3 Å². The number of nitrogens with zero attached hydrogens (tertiary/aromatic N) is 5. The Balaban J connectivity index is 2.23. The van der Waals surface area contributed by atoms with Gasteiger partial charge in [-0.2, -0.15) is 0 Å². The van der Waals surface area contributed by atoms with E-state index in [0.717, 1.165) is 10.2 Å². The quantitative estimate of drug-likeness (QED) is 0.716. The van der Waals surface area contributed by atoms with Crippen molar-refractivity contribution in [3.63, 3.8) is 0 Å². The summed E-state index contributed by atoms with van der Waals surface area (Å²) < 4.78 is 1.81. The van der Waals surface area contributed by atoms with Crippen LogP contribution in [0.25, 0.3) is 0 Å². The molecular weight excluding hydrogens is 200 g/mol. The Morgan fingerprint density at radius 1 is 1.50 bits per heavy atom. The zero-order valence-electron chi connectivity index (χ0n) is 7.45. The van der Waals surface area contributed by atoms with Crippen LogP contribution in [0.5, 0.6) is 0 Å². The SMILES string of the molecule is Cn1cnnc1Sc1ccnc(N)n1. The summed E-state index contributed by atoms with van der Waals surface area (Å²) in [6.45, 7) is 0. The van der Waals surface area contributed by atoms with Crippen LogP contribution in [0.4, 0.5) is 5.95 Å².